The number of nitrogens with zero attached hydrogens (tertiary/aromatic N) is 2. The van der Waals surface area contributed by atoms with Gasteiger partial charge in [-0.15, -0.1) is 0 Å². The van der Waals surface area contributed by atoms with E-state index in [1.807, 2.05) is 0 Å². The minimum absolute atomic E-state index is 0.0421. The van der Waals surface area contributed by atoms with Crippen molar-refractivity contribution in [1.29, 1.82) is 0 Å². The van der Waals surface area contributed by atoms with Crippen LogP contribution in [-0.4, -0.2) is 52.6 Å². The maximum Gasteiger partial charge on any atom is 0.242 e. The van der Waals surface area contributed by atoms with Crippen LogP contribution >= 0.6 is 23.4 Å². The molecule has 0 aliphatic rings. The van der Waals surface area contributed by atoms with Gasteiger partial charge in [-0.3, -0.25) is 0 Å². The molecule has 1 aromatic heterocycles. The number of hydrogen-bond acceptors (Lipinski definition) is 5. The molecule has 0 bridgehead atoms. The second kappa shape index (κ2) is 9.73. The Balaban J connectivity index is 2.32. The van der Waals surface area contributed by atoms with Gasteiger partial charge in [-0.25, -0.2) is 30.4 Å². The van der Waals surface area contributed by atoms with Crippen LogP contribution in [0.25, 0.3) is 22.0 Å². The number of hydrogen-bond donors (Lipinski definition) is 1. The van der Waals surface area contributed by atoms with Gasteiger partial charge in [-0.05, 0) is 53.7 Å². The number of sulfone groups is 1. The molecule has 3 aromatic rings. The summed E-state index contributed by atoms with van der Waals surface area (Å²) in [6.07, 6.45) is 2.34. The average molecular weight is 534 g/mol. The van der Waals surface area contributed by atoms with Crippen LogP contribution in [0.5, 0.6) is 0 Å². The van der Waals surface area contributed by atoms with Crippen LogP contribution in [0.4, 0.5) is 4.39 Å². The van der Waals surface area contributed by atoms with Crippen molar-refractivity contribution >= 4 is 54.1 Å². The summed E-state index contributed by atoms with van der Waals surface area (Å²) < 4.78 is 66.6. The number of benzene rings is 2. The molecule has 33 heavy (non-hydrogen) atoms. The van der Waals surface area contributed by atoms with Gasteiger partial charge in [-0.1, -0.05) is 23.7 Å². The largest absolute Gasteiger partial charge is 0.324 e. The fourth-order valence-corrected chi connectivity index (χ4v) is 5.38. The molecule has 0 amide bonds. The lowest BCUT2D eigenvalue weighted by Gasteiger charge is -2.12. The van der Waals surface area contributed by atoms with Crippen LogP contribution in [0, 0.1) is 0 Å². The molecule has 2 aromatic carbocycles. The number of nitrogens with one attached hydrogen (secondary N) is 1. The van der Waals surface area contributed by atoms with Gasteiger partial charge < -0.3 is 4.57 Å². The van der Waals surface area contributed by atoms with Crippen LogP contribution < -0.4 is 4.84 Å². The molecule has 3 rings (SSSR count). The molecule has 7 nitrogen and oxygen atoms in total. The number of aromatic nitrogens is 1. The molecule has 0 unspecified atom stereocenters. The summed E-state index contributed by atoms with van der Waals surface area (Å²) >= 11 is 12.1. The van der Waals surface area contributed by atoms with Gasteiger partial charge >= 0.3 is 0 Å². The average Bonchev–Trinajstić information content (AvgIpc) is 3.02. The first kappa shape index (κ1) is 25.7. The van der Waals surface area contributed by atoms with Gasteiger partial charge in [0.2, 0.25) is 10.0 Å². The first-order chi connectivity index (χ1) is 15.4. The minimum atomic E-state index is -3.73. The zero-order valence-corrected chi connectivity index (χ0v) is 21.2. The Bertz CT molecular complexity index is 1450. The van der Waals surface area contributed by atoms with Crippen molar-refractivity contribution in [2.24, 2.45) is 0 Å². The molecule has 0 saturated carbocycles. The molecule has 0 aliphatic heterocycles. The summed E-state index contributed by atoms with van der Waals surface area (Å²) in [6, 6.07) is 10.6. The summed E-state index contributed by atoms with van der Waals surface area (Å²) in [5.74, 6) is -0.510. The molecule has 0 atom stereocenters. The van der Waals surface area contributed by atoms with Crippen LogP contribution in [0.1, 0.15) is 0 Å². The third kappa shape index (κ3) is 5.26. The highest BCUT2D eigenvalue weighted by Crippen LogP contribution is 2.40. The van der Waals surface area contributed by atoms with Gasteiger partial charge in [0.05, 0.1) is 21.9 Å². The summed E-state index contributed by atoms with van der Waals surface area (Å²) in [7, 11) is -4.42. The highest BCUT2D eigenvalue weighted by atomic mass is 35.5. The minimum Gasteiger partial charge on any atom is -0.324 e. The molecular formula is C21H22Cl2FN3O4S2. The molecule has 178 valence electrons. The smallest absolute Gasteiger partial charge is 0.242 e. The Morgan fingerprint density at radius 1 is 1.12 bits per heavy atom. The van der Waals surface area contributed by atoms with E-state index in [4.69, 9.17) is 23.4 Å². The van der Waals surface area contributed by atoms with Crippen LogP contribution in [0.2, 0.25) is 5.15 Å². The van der Waals surface area contributed by atoms with E-state index < -0.39 is 25.7 Å². The van der Waals surface area contributed by atoms with Crippen molar-refractivity contribution in [3.8, 4) is 11.1 Å². The Labute approximate surface area is 202 Å². The summed E-state index contributed by atoms with van der Waals surface area (Å²) in [5, 5.41) is 0.586. The normalized spacial score (nSPS) is 13.2. The van der Waals surface area contributed by atoms with Gasteiger partial charge in [-0.2, -0.15) is 0 Å². The van der Waals surface area contributed by atoms with E-state index in [0.717, 1.165) is 10.6 Å². The van der Waals surface area contributed by atoms with E-state index in [-0.39, 0.29) is 28.0 Å². The van der Waals surface area contributed by atoms with E-state index in [9.17, 15) is 21.2 Å². The topological polar surface area (TPSA) is 88.5 Å². The number of allylic oxidation sites excluding steroid dienone is 1. The van der Waals surface area contributed by atoms with E-state index in [1.165, 1.54) is 49.0 Å². The second-order valence-electron chi connectivity index (χ2n) is 7.51. The lowest BCUT2D eigenvalue weighted by Crippen LogP contribution is -2.22. The van der Waals surface area contributed by atoms with Crippen molar-refractivity contribution in [2.45, 2.75) is 16.3 Å². The number of halogens is 3. The summed E-state index contributed by atoms with van der Waals surface area (Å²) in [4.78, 5) is 2.41. The Morgan fingerprint density at radius 2 is 1.82 bits per heavy atom. The van der Waals surface area contributed by atoms with Crippen LogP contribution in [0.15, 0.2) is 64.2 Å². The first-order valence-corrected chi connectivity index (χ1v) is 13.7. The van der Waals surface area contributed by atoms with Crippen molar-refractivity contribution in [1.82, 2.24) is 13.7 Å². The standard InChI is InChI=1S/C21H22Cl2FN3O4S2/c1-26(2)33(30,31)17-6-4-5-14(11-17)20-18-12-16(32(3,28)29)7-8-19(18)27(21(20)22)13-15(24)9-10-25-23/h4-9,11-12,25H,10,13H2,1-3H3/b15-9-. The molecule has 0 saturated heterocycles. The van der Waals surface area contributed by atoms with Gasteiger partial charge in [0.1, 0.15) is 11.0 Å². The zero-order chi connectivity index (χ0) is 24.6. The van der Waals surface area contributed by atoms with E-state index in [0.29, 0.717) is 22.0 Å². The first-order valence-electron chi connectivity index (χ1n) is 9.60. The SMILES string of the molecule is CN(C)S(=O)(=O)c1cccc(-c2c(Cl)n(C/C(F)=C/CNCl)c3ccc(S(C)(=O)=O)cc23)c1. The van der Waals surface area contributed by atoms with Crippen LogP contribution in [-0.2, 0) is 26.4 Å². The predicted molar refractivity (Wildman–Crippen MR) is 129 cm³/mol. The molecule has 1 heterocycles. The van der Waals surface area contributed by atoms with Crippen molar-refractivity contribution in [3.05, 3.63) is 59.5 Å². The highest BCUT2D eigenvalue weighted by Gasteiger charge is 2.23. The van der Waals surface area contributed by atoms with E-state index in [2.05, 4.69) is 4.84 Å². The summed E-state index contributed by atoms with van der Waals surface area (Å²) in [5.41, 5.74) is 1.34. The molecule has 0 spiro atoms. The maximum atomic E-state index is 14.5. The molecule has 0 radical (unpaired) electrons. The molecule has 0 aliphatic carbocycles. The molecular weight excluding hydrogens is 512 g/mol. The Kier molecular flexibility index (Phi) is 7.57. The lowest BCUT2D eigenvalue weighted by molar-refractivity contribution is 0.521. The quantitative estimate of drug-likeness (QED) is 0.438. The monoisotopic (exact) mass is 533 g/mol. The molecule has 0 fully saturated rings. The second-order valence-corrected chi connectivity index (χ2v) is 12.3. The van der Waals surface area contributed by atoms with Gasteiger partial charge in [0.25, 0.3) is 0 Å². The van der Waals surface area contributed by atoms with Crippen molar-refractivity contribution < 1.29 is 21.2 Å². The number of rotatable bonds is 8. The zero-order valence-electron chi connectivity index (χ0n) is 18.0. The van der Waals surface area contributed by atoms with E-state index >= 15 is 0 Å². The van der Waals surface area contributed by atoms with E-state index in [1.54, 1.807) is 18.2 Å². The maximum absolute atomic E-state index is 14.5. The van der Waals surface area contributed by atoms with Gasteiger partial charge in [0, 0.05) is 37.8 Å². The third-order valence-electron chi connectivity index (χ3n) is 5.01. The Hall–Kier alpha value is -1.95. The third-order valence-corrected chi connectivity index (χ3v) is 8.48. The van der Waals surface area contributed by atoms with Crippen molar-refractivity contribution in [3.63, 3.8) is 0 Å². The fourth-order valence-electron chi connectivity index (χ4n) is 3.35. The van der Waals surface area contributed by atoms with Crippen molar-refractivity contribution in [2.75, 3.05) is 26.9 Å². The lowest BCUT2D eigenvalue weighted by atomic mass is 10.1. The molecule has 1 N–H and O–H groups in total. The highest BCUT2D eigenvalue weighted by molar-refractivity contribution is 7.90. The number of sulfonamides is 1. The number of fused-ring (bicyclic) bond motifs is 1. The Morgan fingerprint density at radius 3 is 2.42 bits per heavy atom. The molecule has 12 heteroatoms. The predicted octanol–water partition coefficient (Wildman–Crippen LogP) is 4.21. The fraction of sp³-hybridized carbons (Fsp3) is 0.238. The van der Waals surface area contributed by atoms with Gasteiger partial charge in [0.15, 0.2) is 9.84 Å². The summed E-state index contributed by atoms with van der Waals surface area (Å²) in [6.45, 7) is -0.123. The van der Waals surface area contributed by atoms with Crippen LogP contribution in [0.3, 0.4) is 0 Å².